The summed E-state index contributed by atoms with van der Waals surface area (Å²) >= 11 is 0. The molecular weight excluding hydrogens is 180 g/mol. The quantitative estimate of drug-likeness (QED) is 0.546. The summed E-state index contributed by atoms with van der Waals surface area (Å²) in [5.74, 6) is 0.189. The maximum absolute atomic E-state index is 11.3. The Bertz CT molecular complexity index is 376. The summed E-state index contributed by atoms with van der Waals surface area (Å²) in [6.07, 6.45) is 0.440. The van der Waals surface area contributed by atoms with E-state index in [2.05, 4.69) is 10.6 Å². The zero-order valence-corrected chi connectivity index (χ0v) is 7.87. The second-order valence-corrected chi connectivity index (χ2v) is 3.53. The first-order chi connectivity index (χ1) is 6.65. The first-order valence-corrected chi connectivity index (χ1v) is 4.54. The molecule has 0 aliphatic carbocycles. The topological polar surface area (TPSA) is 61.4 Å². The van der Waals surface area contributed by atoms with Crippen LogP contribution in [-0.4, -0.2) is 17.1 Å². The minimum absolute atomic E-state index is 0.00515. The van der Waals surface area contributed by atoms with E-state index in [9.17, 15) is 9.90 Å². The number of phenolic OH excluding ortho intramolecular Hbond substituents is 1. The fraction of sp³-hybridized carbons (Fsp3) is 0.300. The standard InChI is InChI=1S/C10H12N2O2/c1-6-4-10(14)12-8-3-2-7(13)5-9(8)11-6/h2-3,5-6,11,13H,4H2,1H3,(H,12,14)/t6-/m1/s1. The van der Waals surface area contributed by atoms with Crippen molar-refractivity contribution in [2.75, 3.05) is 10.6 Å². The Morgan fingerprint density at radius 1 is 1.43 bits per heavy atom. The molecule has 0 radical (unpaired) electrons. The summed E-state index contributed by atoms with van der Waals surface area (Å²) < 4.78 is 0. The van der Waals surface area contributed by atoms with Crippen LogP contribution in [0, 0.1) is 0 Å². The van der Waals surface area contributed by atoms with Crippen LogP contribution in [0.5, 0.6) is 5.75 Å². The minimum Gasteiger partial charge on any atom is -0.508 e. The number of hydrogen-bond acceptors (Lipinski definition) is 3. The molecule has 0 spiro atoms. The average Bonchev–Trinajstić information content (AvgIpc) is 2.21. The fourth-order valence-corrected chi connectivity index (χ4v) is 1.56. The molecule has 2 rings (SSSR count). The maximum atomic E-state index is 11.3. The minimum atomic E-state index is -0.00515. The summed E-state index contributed by atoms with van der Waals surface area (Å²) in [5, 5.41) is 15.2. The molecule has 1 amide bonds. The van der Waals surface area contributed by atoms with Gasteiger partial charge in [0.05, 0.1) is 11.4 Å². The summed E-state index contributed by atoms with van der Waals surface area (Å²) in [5.41, 5.74) is 1.49. The van der Waals surface area contributed by atoms with Gasteiger partial charge in [0.15, 0.2) is 0 Å². The van der Waals surface area contributed by atoms with Gasteiger partial charge < -0.3 is 15.7 Å². The van der Waals surface area contributed by atoms with Gasteiger partial charge in [-0.1, -0.05) is 0 Å². The van der Waals surface area contributed by atoms with Gasteiger partial charge in [-0.3, -0.25) is 4.79 Å². The van der Waals surface area contributed by atoms with Crippen LogP contribution in [-0.2, 0) is 4.79 Å². The van der Waals surface area contributed by atoms with Crippen molar-refractivity contribution in [2.24, 2.45) is 0 Å². The molecule has 4 nitrogen and oxygen atoms in total. The van der Waals surface area contributed by atoms with Crippen LogP contribution in [0.3, 0.4) is 0 Å². The number of amides is 1. The molecule has 1 heterocycles. The van der Waals surface area contributed by atoms with E-state index in [1.807, 2.05) is 6.92 Å². The van der Waals surface area contributed by atoms with Crippen LogP contribution in [0.2, 0.25) is 0 Å². The molecule has 1 atom stereocenters. The number of anilines is 2. The Morgan fingerprint density at radius 2 is 2.21 bits per heavy atom. The normalized spacial score (nSPS) is 20.4. The second-order valence-electron chi connectivity index (χ2n) is 3.53. The smallest absolute Gasteiger partial charge is 0.226 e. The van der Waals surface area contributed by atoms with Crippen LogP contribution in [0.4, 0.5) is 11.4 Å². The Kier molecular flexibility index (Phi) is 2.04. The second kappa shape index (κ2) is 3.21. The largest absolute Gasteiger partial charge is 0.508 e. The van der Waals surface area contributed by atoms with Crippen molar-refractivity contribution >= 4 is 17.3 Å². The lowest BCUT2D eigenvalue weighted by molar-refractivity contribution is -0.116. The average molecular weight is 192 g/mol. The van der Waals surface area contributed by atoms with E-state index in [0.29, 0.717) is 6.42 Å². The molecule has 0 fully saturated rings. The number of carbonyl (C=O) groups excluding carboxylic acids is 1. The molecular formula is C10H12N2O2. The number of rotatable bonds is 0. The third-order valence-electron chi connectivity index (χ3n) is 2.17. The van der Waals surface area contributed by atoms with E-state index in [-0.39, 0.29) is 17.7 Å². The van der Waals surface area contributed by atoms with Crippen molar-refractivity contribution in [3.63, 3.8) is 0 Å². The highest BCUT2D eigenvalue weighted by Crippen LogP contribution is 2.29. The van der Waals surface area contributed by atoms with Gasteiger partial charge in [-0.15, -0.1) is 0 Å². The van der Waals surface area contributed by atoms with Gasteiger partial charge in [0.1, 0.15) is 5.75 Å². The van der Waals surface area contributed by atoms with E-state index in [4.69, 9.17) is 0 Å². The van der Waals surface area contributed by atoms with Gasteiger partial charge >= 0.3 is 0 Å². The van der Waals surface area contributed by atoms with Gasteiger partial charge in [0, 0.05) is 18.5 Å². The number of nitrogens with one attached hydrogen (secondary N) is 2. The maximum Gasteiger partial charge on any atom is 0.226 e. The van der Waals surface area contributed by atoms with Gasteiger partial charge in [-0.25, -0.2) is 0 Å². The zero-order chi connectivity index (χ0) is 10.1. The lowest BCUT2D eigenvalue weighted by Crippen LogP contribution is -2.18. The first kappa shape index (κ1) is 8.87. The molecule has 0 aromatic heterocycles. The van der Waals surface area contributed by atoms with Crippen LogP contribution in [0.15, 0.2) is 18.2 Å². The molecule has 1 aliphatic rings. The van der Waals surface area contributed by atoms with Crippen molar-refractivity contribution in [1.82, 2.24) is 0 Å². The molecule has 1 aromatic carbocycles. The van der Waals surface area contributed by atoms with E-state index < -0.39 is 0 Å². The Labute approximate surface area is 81.9 Å². The molecule has 0 bridgehead atoms. The summed E-state index contributed by atoms with van der Waals surface area (Å²) in [7, 11) is 0. The van der Waals surface area contributed by atoms with Crippen LogP contribution in [0.1, 0.15) is 13.3 Å². The predicted octanol–water partition coefficient (Wildman–Crippen LogP) is 1.53. The Balaban J connectivity index is 2.41. The monoisotopic (exact) mass is 192 g/mol. The van der Waals surface area contributed by atoms with E-state index in [1.54, 1.807) is 18.2 Å². The third kappa shape index (κ3) is 1.64. The number of benzene rings is 1. The van der Waals surface area contributed by atoms with E-state index in [0.717, 1.165) is 11.4 Å². The lowest BCUT2D eigenvalue weighted by atomic mass is 10.2. The summed E-state index contributed by atoms with van der Waals surface area (Å²) in [6.45, 7) is 1.93. The van der Waals surface area contributed by atoms with Crippen molar-refractivity contribution in [1.29, 1.82) is 0 Å². The van der Waals surface area contributed by atoms with E-state index >= 15 is 0 Å². The number of fused-ring (bicyclic) bond motifs is 1. The summed E-state index contributed by atoms with van der Waals surface area (Å²) in [6, 6.07) is 4.93. The van der Waals surface area contributed by atoms with Crippen molar-refractivity contribution in [3.8, 4) is 5.75 Å². The molecule has 4 heteroatoms. The highest BCUT2D eigenvalue weighted by atomic mass is 16.3. The van der Waals surface area contributed by atoms with Crippen molar-refractivity contribution < 1.29 is 9.90 Å². The number of phenols is 1. The molecule has 74 valence electrons. The molecule has 3 N–H and O–H groups in total. The highest BCUT2D eigenvalue weighted by Gasteiger charge is 2.17. The van der Waals surface area contributed by atoms with Crippen LogP contribution >= 0.6 is 0 Å². The van der Waals surface area contributed by atoms with Gasteiger partial charge in [-0.05, 0) is 19.1 Å². The Morgan fingerprint density at radius 3 is 3.00 bits per heavy atom. The van der Waals surface area contributed by atoms with Crippen LogP contribution < -0.4 is 10.6 Å². The molecule has 0 saturated carbocycles. The molecule has 0 saturated heterocycles. The van der Waals surface area contributed by atoms with Crippen molar-refractivity contribution in [3.05, 3.63) is 18.2 Å². The molecule has 14 heavy (non-hydrogen) atoms. The van der Waals surface area contributed by atoms with Crippen molar-refractivity contribution in [2.45, 2.75) is 19.4 Å². The number of aromatic hydroxyl groups is 1. The van der Waals surface area contributed by atoms with E-state index in [1.165, 1.54) is 0 Å². The Hall–Kier alpha value is -1.71. The SMILES string of the molecule is C[C@@H]1CC(=O)Nc2ccc(O)cc2N1. The van der Waals surface area contributed by atoms with Crippen LogP contribution in [0.25, 0.3) is 0 Å². The van der Waals surface area contributed by atoms with Gasteiger partial charge in [0.25, 0.3) is 0 Å². The molecule has 0 unspecified atom stereocenters. The molecule has 1 aliphatic heterocycles. The van der Waals surface area contributed by atoms with Gasteiger partial charge in [-0.2, -0.15) is 0 Å². The third-order valence-corrected chi connectivity index (χ3v) is 2.17. The first-order valence-electron chi connectivity index (χ1n) is 4.54. The lowest BCUT2D eigenvalue weighted by Gasteiger charge is -2.11. The van der Waals surface area contributed by atoms with Gasteiger partial charge in [0.2, 0.25) is 5.91 Å². The fourth-order valence-electron chi connectivity index (χ4n) is 1.56. The number of hydrogen-bond donors (Lipinski definition) is 3. The highest BCUT2D eigenvalue weighted by molar-refractivity contribution is 5.96. The zero-order valence-electron chi connectivity index (χ0n) is 7.87. The summed E-state index contributed by atoms with van der Waals surface area (Å²) in [4.78, 5) is 11.3. The molecule has 1 aromatic rings. The number of carbonyl (C=O) groups is 1. The predicted molar refractivity (Wildman–Crippen MR) is 54.4 cm³/mol.